The first kappa shape index (κ1) is 16.1. The minimum atomic E-state index is 0.628. The molecule has 2 aromatic carbocycles. The van der Waals surface area contributed by atoms with Crippen LogP contribution in [0.2, 0.25) is 0 Å². The lowest BCUT2D eigenvalue weighted by atomic mass is 10.1. The number of benzene rings is 2. The monoisotopic (exact) mass is 302 g/mol. The largest absolute Gasteiger partial charge is 0.381 e. The third-order valence-electron chi connectivity index (χ3n) is 3.21. The number of rotatable bonds is 4. The molecule has 1 saturated heterocycles. The van der Waals surface area contributed by atoms with Gasteiger partial charge in [-0.2, -0.15) is 0 Å². The SMILES string of the molecule is Cc1ccc(S)cc1.c1ccc(COCC2COC2)cc1. The van der Waals surface area contributed by atoms with Crippen molar-refractivity contribution in [1.82, 2.24) is 0 Å². The van der Waals surface area contributed by atoms with Crippen LogP contribution in [-0.2, 0) is 16.1 Å². The van der Waals surface area contributed by atoms with Crippen molar-refractivity contribution in [3.63, 3.8) is 0 Å². The summed E-state index contributed by atoms with van der Waals surface area (Å²) in [6.45, 7) is 5.35. The standard InChI is InChI=1S/C11H14O2.C7H8S/c1-2-4-10(5-3-1)6-12-7-11-8-13-9-11;1-6-2-4-7(8)5-3-6/h1-5,11H,6-9H2;2-5,8H,1H3. The molecule has 0 bridgehead atoms. The van der Waals surface area contributed by atoms with Crippen LogP contribution in [0.4, 0.5) is 0 Å². The van der Waals surface area contributed by atoms with Crippen LogP contribution < -0.4 is 0 Å². The Morgan fingerprint density at radius 1 is 1.05 bits per heavy atom. The average molecular weight is 302 g/mol. The van der Waals surface area contributed by atoms with Gasteiger partial charge in [-0.25, -0.2) is 0 Å². The van der Waals surface area contributed by atoms with E-state index >= 15 is 0 Å². The van der Waals surface area contributed by atoms with E-state index in [0.29, 0.717) is 5.92 Å². The van der Waals surface area contributed by atoms with Crippen molar-refractivity contribution in [2.24, 2.45) is 5.92 Å². The molecule has 0 atom stereocenters. The molecular formula is C18H22O2S. The topological polar surface area (TPSA) is 18.5 Å². The van der Waals surface area contributed by atoms with E-state index in [4.69, 9.17) is 9.47 Å². The molecular weight excluding hydrogens is 280 g/mol. The molecule has 1 heterocycles. The fraction of sp³-hybridized carbons (Fsp3) is 0.333. The molecule has 1 aliphatic heterocycles. The highest BCUT2D eigenvalue weighted by Gasteiger charge is 2.17. The quantitative estimate of drug-likeness (QED) is 0.856. The Morgan fingerprint density at radius 3 is 2.24 bits per heavy atom. The van der Waals surface area contributed by atoms with Crippen LogP contribution in [0.25, 0.3) is 0 Å². The molecule has 0 aromatic heterocycles. The van der Waals surface area contributed by atoms with Crippen LogP contribution in [0.3, 0.4) is 0 Å². The van der Waals surface area contributed by atoms with Crippen LogP contribution in [-0.4, -0.2) is 19.8 Å². The second-order valence-electron chi connectivity index (χ2n) is 5.24. The van der Waals surface area contributed by atoms with Crippen molar-refractivity contribution in [2.75, 3.05) is 19.8 Å². The molecule has 0 spiro atoms. The number of ether oxygens (including phenoxy) is 2. The van der Waals surface area contributed by atoms with Gasteiger partial charge in [-0.05, 0) is 24.6 Å². The summed E-state index contributed by atoms with van der Waals surface area (Å²) in [5.74, 6) is 0.628. The van der Waals surface area contributed by atoms with Crippen LogP contribution >= 0.6 is 12.6 Å². The fourth-order valence-corrected chi connectivity index (χ4v) is 1.99. The molecule has 0 saturated carbocycles. The molecule has 3 heteroatoms. The van der Waals surface area contributed by atoms with Gasteiger partial charge in [-0.15, -0.1) is 12.6 Å². The fourth-order valence-electron chi connectivity index (χ4n) is 1.84. The van der Waals surface area contributed by atoms with E-state index in [2.05, 4.69) is 31.7 Å². The van der Waals surface area contributed by atoms with Gasteiger partial charge in [0.2, 0.25) is 0 Å². The number of thiol groups is 1. The van der Waals surface area contributed by atoms with Crippen molar-refractivity contribution in [3.8, 4) is 0 Å². The zero-order chi connectivity index (χ0) is 14.9. The maximum absolute atomic E-state index is 5.54. The molecule has 112 valence electrons. The maximum Gasteiger partial charge on any atom is 0.0717 e. The maximum atomic E-state index is 5.54. The Balaban J connectivity index is 0.000000173. The Kier molecular flexibility index (Phi) is 6.80. The summed E-state index contributed by atoms with van der Waals surface area (Å²) >= 11 is 4.13. The zero-order valence-corrected chi connectivity index (χ0v) is 13.3. The zero-order valence-electron chi connectivity index (χ0n) is 12.4. The number of hydrogen-bond acceptors (Lipinski definition) is 3. The van der Waals surface area contributed by atoms with Gasteiger partial charge in [0.1, 0.15) is 0 Å². The predicted octanol–water partition coefficient (Wildman–Crippen LogP) is 4.13. The summed E-state index contributed by atoms with van der Waals surface area (Å²) in [5.41, 5.74) is 2.52. The van der Waals surface area contributed by atoms with Crippen LogP contribution in [0.1, 0.15) is 11.1 Å². The molecule has 1 aliphatic rings. The summed E-state index contributed by atoms with van der Waals surface area (Å²) < 4.78 is 10.6. The van der Waals surface area contributed by atoms with E-state index in [0.717, 1.165) is 31.3 Å². The number of aryl methyl sites for hydroxylation is 1. The second kappa shape index (κ2) is 8.88. The Hall–Kier alpha value is -1.29. The lowest BCUT2D eigenvalue weighted by Gasteiger charge is -2.25. The first-order valence-electron chi connectivity index (χ1n) is 7.19. The van der Waals surface area contributed by atoms with Crippen molar-refractivity contribution in [1.29, 1.82) is 0 Å². The van der Waals surface area contributed by atoms with Gasteiger partial charge < -0.3 is 9.47 Å². The predicted molar refractivity (Wildman–Crippen MR) is 88.8 cm³/mol. The molecule has 0 amide bonds. The lowest BCUT2D eigenvalue weighted by Crippen LogP contribution is -2.31. The summed E-state index contributed by atoms with van der Waals surface area (Å²) in [4.78, 5) is 1.02. The summed E-state index contributed by atoms with van der Waals surface area (Å²) in [5, 5.41) is 0. The van der Waals surface area contributed by atoms with Gasteiger partial charge in [0.15, 0.2) is 0 Å². The second-order valence-corrected chi connectivity index (χ2v) is 5.76. The van der Waals surface area contributed by atoms with E-state index in [1.165, 1.54) is 11.1 Å². The van der Waals surface area contributed by atoms with Crippen molar-refractivity contribution >= 4 is 12.6 Å². The van der Waals surface area contributed by atoms with Crippen molar-refractivity contribution in [2.45, 2.75) is 18.4 Å². The smallest absolute Gasteiger partial charge is 0.0717 e. The van der Waals surface area contributed by atoms with E-state index in [-0.39, 0.29) is 0 Å². The molecule has 0 radical (unpaired) electrons. The van der Waals surface area contributed by atoms with Crippen molar-refractivity contribution < 1.29 is 9.47 Å². The molecule has 3 rings (SSSR count). The van der Waals surface area contributed by atoms with Crippen LogP contribution in [0.15, 0.2) is 59.5 Å². The Bertz CT molecular complexity index is 486. The van der Waals surface area contributed by atoms with Gasteiger partial charge >= 0.3 is 0 Å². The Morgan fingerprint density at radius 2 is 1.71 bits per heavy atom. The van der Waals surface area contributed by atoms with E-state index < -0.39 is 0 Å². The van der Waals surface area contributed by atoms with Gasteiger partial charge in [0, 0.05) is 10.8 Å². The molecule has 2 aromatic rings. The summed E-state index contributed by atoms with van der Waals surface area (Å²) in [6, 6.07) is 18.3. The molecule has 1 fully saturated rings. The minimum Gasteiger partial charge on any atom is -0.381 e. The first-order valence-corrected chi connectivity index (χ1v) is 7.64. The van der Waals surface area contributed by atoms with Gasteiger partial charge in [-0.3, -0.25) is 0 Å². The van der Waals surface area contributed by atoms with Gasteiger partial charge in [0.25, 0.3) is 0 Å². The molecule has 21 heavy (non-hydrogen) atoms. The van der Waals surface area contributed by atoms with Gasteiger partial charge in [0.05, 0.1) is 26.4 Å². The highest BCUT2D eigenvalue weighted by atomic mass is 32.1. The molecule has 0 unspecified atom stereocenters. The molecule has 0 N–H and O–H groups in total. The third kappa shape index (κ3) is 6.34. The normalized spacial score (nSPS) is 14.0. The highest BCUT2D eigenvalue weighted by molar-refractivity contribution is 7.80. The summed E-state index contributed by atoms with van der Waals surface area (Å²) in [7, 11) is 0. The highest BCUT2D eigenvalue weighted by Crippen LogP contribution is 2.11. The third-order valence-corrected chi connectivity index (χ3v) is 3.50. The number of hydrogen-bond donors (Lipinski definition) is 1. The molecule has 0 aliphatic carbocycles. The van der Waals surface area contributed by atoms with E-state index in [9.17, 15) is 0 Å². The minimum absolute atomic E-state index is 0.628. The lowest BCUT2D eigenvalue weighted by molar-refractivity contribution is -0.0745. The van der Waals surface area contributed by atoms with Crippen LogP contribution in [0, 0.1) is 12.8 Å². The molecule has 2 nitrogen and oxygen atoms in total. The van der Waals surface area contributed by atoms with Crippen molar-refractivity contribution in [3.05, 3.63) is 65.7 Å². The Labute approximate surface area is 132 Å². The van der Waals surface area contributed by atoms with E-state index in [1.54, 1.807) is 0 Å². The average Bonchev–Trinajstić information content (AvgIpc) is 2.47. The van der Waals surface area contributed by atoms with Crippen LogP contribution in [0.5, 0.6) is 0 Å². The summed E-state index contributed by atoms with van der Waals surface area (Å²) in [6.07, 6.45) is 0. The first-order chi connectivity index (χ1) is 10.2. The van der Waals surface area contributed by atoms with Gasteiger partial charge in [-0.1, -0.05) is 48.0 Å². The van der Waals surface area contributed by atoms with E-state index in [1.807, 2.05) is 42.5 Å².